The van der Waals surface area contributed by atoms with Crippen molar-refractivity contribution >= 4 is 69.3 Å². The van der Waals surface area contributed by atoms with Crippen LogP contribution < -0.4 is 16.0 Å². The molecule has 1 heterocycles. The van der Waals surface area contributed by atoms with Gasteiger partial charge in [-0.2, -0.15) is 0 Å². The van der Waals surface area contributed by atoms with E-state index in [1.54, 1.807) is 72.8 Å². The number of halogens is 1. The van der Waals surface area contributed by atoms with Gasteiger partial charge in [0.05, 0.1) is 10.9 Å². The number of amides is 3. The summed E-state index contributed by atoms with van der Waals surface area (Å²) in [5, 5.41) is 11.1. The Hall–Kier alpha value is -4.70. The Balaban J connectivity index is 1.28. The molecule has 0 saturated carbocycles. The van der Waals surface area contributed by atoms with Gasteiger partial charge in [-0.05, 0) is 60.5 Å². The Labute approximate surface area is 274 Å². The Bertz CT molecular complexity index is 1830. The molecular weight excluding hydrogens is 624 g/mol. The van der Waals surface area contributed by atoms with Crippen molar-refractivity contribution < 1.29 is 14.4 Å². The lowest BCUT2D eigenvalue weighted by Gasteiger charge is -2.15. The topological polar surface area (TPSA) is 100 Å². The van der Waals surface area contributed by atoms with Gasteiger partial charge in [0.1, 0.15) is 5.70 Å². The zero-order valence-electron chi connectivity index (χ0n) is 24.2. The van der Waals surface area contributed by atoms with Gasteiger partial charge in [0.15, 0.2) is 5.13 Å². The zero-order chi connectivity index (χ0) is 31.6. The molecular formula is C35H29ClN4O3S2. The van der Waals surface area contributed by atoms with Crippen LogP contribution in [0.1, 0.15) is 29.3 Å². The Kier molecular flexibility index (Phi) is 10.8. The fraction of sp³-hybridized carbons (Fsp3) is 0.0857. The molecule has 5 rings (SSSR count). The fourth-order valence-corrected chi connectivity index (χ4v) is 6.23. The van der Waals surface area contributed by atoms with Gasteiger partial charge in [0, 0.05) is 32.1 Å². The highest BCUT2D eigenvalue weighted by molar-refractivity contribution is 8.00. The van der Waals surface area contributed by atoms with Crippen LogP contribution in [-0.2, 0) is 9.59 Å². The Morgan fingerprint density at radius 3 is 2.36 bits per heavy atom. The molecule has 5 aromatic rings. The second kappa shape index (κ2) is 15.3. The zero-order valence-corrected chi connectivity index (χ0v) is 26.6. The first kappa shape index (κ1) is 31.7. The predicted molar refractivity (Wildman–Crippen MR) is 185 cm³/mol. The predicted octanol–water partition coefficient (Wildman–Crippen LogP) is 8.38. The quantitative estimate of drug-likeness (QED) is 0.0983. The lowest BCUT2D eigenvalue weighted by molar-refractivity contribution is -0.116. The van der Waals surface area contributed by atoms with E-state index in [0.717, 1.165) is 16.2 Å². The maximum Gasteiger partial charge on any atom is 0.272 e. The number of thioether (sulfide) groups is 1. The summed E-state index contributed by atoms with van der Waals surface area (Å²) in [6.07, 6.45) is 2.15. The number of hydrogen-bond donors (Lipinski definition) is 3. The molecule has 0 aliphatic heterocycles. The molecule has 0 fully saturated rings. The molecule has 0 radical (unpaired) electrons. The van der Waals surface area contributed by atoms with Gasteiger partial charge in [0.25, 0.3) is 11.8 Å². The van der Waals surface area contributed by atoms with E-state index in [1.807, 2.05) is 54.8 Å². The molecule has 7 nitrogen and oxygen atoms in total. The van der Waals surface area contributed by atoms with E-state index in [-0.39, 0.29) is 16.9 Å². The summed E-state index contributed by atoms with van der Waals surface area (Å²) >= 11 is 8.93. The highest BCUT2D eigenvalue weighted by atomic mass is 35.5. The van der Waals surface area contributed by atoms with Crippen molar-refractivity contribution in [3.8, 4) is 11.3 Å². The minimum absolute atomic E-state index is 0.0494. The first-order chi connectivity index (χ1) is 21.9. The number of anilines is 2. The lowest BCUT2D eigenvalue weighted by atomic mass is 10.1. The van der Waals surface area contributed by atoms with Gasteiger partial charge >= 0.3 is 0 Å². The SMILES string of the molecule is CCC(Sc1cccc(NC(=O)/C(=C/c2cccc(Cl)c2)NC(=O)c2ccccc2)c1)C(=O)Nc1nc(-c2ccccc2)cs1. The fourth-order valence-electron chi connectivity index (χ4n) is 4.30. The van der Waals surface area contributed by atoms with Crippen molar-refractivity contribution in [2.45, 2.75) is 23.5 Å². The van der Waals surface area contributed by atoms with E-state index in [1.165, 1.54) is 23.1 Å². The average Bonchev–Trinajstić information content (AvgIpc) is 3.52. The van der Waals surface area contributed by atoms with E-state index in [0.29, 0.717) is 33.4 Å². The third-order valence-corrected chi connectivity index (χ3v) is 8.88. The third kappa shape index (κ3) is 8.92. The monoisotopic (exact) mass is 652 g/mol. The molecule has 1 unspecified atom stereocenters. The smallest absolute Gasteiger partial charge is 0.272 e. The number of thiazole rings is 1. The Morgan fingerprint density at radius 1 is 0.889 bits per heavy atom. The number of rotatable bonds is 11. The van der Waals surface area contributed by atoms with Crippen molar-refractivity contribution in [1.29, 1.82) is 0 Å². The summed E-state index contributed by atoms with van der Waals surface area (Å²) in [6.45, 7) is 1.95. The normalized spacial score (nSPS) is 11.8. The van der Waals surface area contributed by atoms with Crippen molar-refractivity contribution in [3.63, 3.8) is 0 Å². The number of carbonyl (C=O) groups is 3. The second-order valence-electron chi connectivity index (χ2n) is 9.82. The van der Waals surface area contributed by atoms with Gasteiger partial charge in [-0.25, -0.2) is 4.98 Å². The molecule has 3 N–H and O–H groups in total. The highest BCUT2D eigenvalue weighted by Crippen LogP contribution is 2.30. The molecule has 0 spiro atoms. The summed E-state index contributed by atoms with van der Waals surface area (Å²) in [7, 11) is 0. The molecule has 4 aromatic carbocycles. The first-order valence-corrected chi connectivity index (χ1v) is 16.2. The molecule has 0 saturated heterocycles. The van der Waals surface area contributed by atoms with Crippen LogP contribution in [0.4, 0.5) is 10.8 Å². The highest BCUT2D eigenvalue weighted by Gasteiger charge is 2.20. The van der Waals surface area contributed by atoms with Crippen LogP contribution >= 0.6 is 34.7 Å². The van der Waals surface area contributed by atoms with Gasteiger partial charge < -0.3 is 16.0 Å². The van der Waals surface area contributed by atoms with Gasteiger partial charge in [-0.15, -0.1) is 23.1 Å². The number of benzene rings is 4. The molecule has 3 amide bonds. The minimum atomic E-state index is -0.510. The Morgan fingerprint density at radius 2 is 1.62 bits per heavy atom. The van der Waals surface area contributed by atoms with Crippen LogP contribution in [0, 0.1) is 0 Å². The summed E-state index contributed by atoms with van der Waals surface area (Å²) in [5.74, 6) is -1.08. The van der Waals surface area contributed by atoms with Crippen LogP contribution in [0.15, 0.2) is 125 Å². The van der Waals surface area contributed by atoms with E-state index >= 15 is 0 Å². The standard InChI is InChI=1S/C35H29ClN4O3S2/c1-2-31(34(43)40-35-39-30(22-44-35)24-12-5-3-6-13-24)45-28-18-10-17-27(21-28)37-33(42)29(20-23-11-9-16-26(36)19-23)38-32(41)25-14-7-4-8-15-25/h3-22,31H,2H2,1H3,(H,37,42)(H,38,41)(H,39,40,43)/b29-20-. The molecule has 0 aliphatic rings. The van der Waals surface area contributed by atoms with E-state index in [9.17, 15) is 14.4 Å². The minimum Gasteiger partial charge on any atom is -0.321 e. The lowest BCUT2D eigenvalue weighted by Crippen LogP contribution is -2.30. The van der Waals surface area contributed by atoms with Gasteiger partial charge in [0.2, 0.25) is 5.91 Å². The van der Waals surface area contributed by atoms with E-state index < -0.39 is 11.8 Å². The van der Waals surface area contributed by atoms with Crippen molar-refractivity contribution in [1.82, 2.24) is 10.3 Å². The van der Waals surface area contributed by atoms with Crippen LogP contribution in [0.2, 0.25) is 5.02 Å². The summed E-state index contributed by atoms with van der Waals surface area (Å²) in [6, 6.07) is 32.7. The second-order valence-corrected chi connectivity index (χ2v) is 12.4. The number of carbonyl (C=O) groups excluding carboxylic acids is 3. The largest absolute Gasteiger partial charge is 0.321 e. The number of nitrogens with one attached hydrogen (secondary N) is 3. The molecule has 45 heavy (non-hydrogen) atoms. The summed E-state index contributed by atoms with van der Waals surface area (Å²) in [5.41, 5.74) is 3.42. The van der Waals surface area contributed by atoms with Crippen LogP contribution in [0.5, 0.6) is 0 Å². The summed E-state index contributed by atoms with van der Waals surface area (Å²) < 4.78 is 0. The van der Waals surface area contributed by atoms with Crippen LogP contribution in [0.3, 0.4) is 0 Å². The number of hydrogen-bond acceptors (Lipinski definition) is 6. The first-order valence-electron chi connectivity index (χ1n) is 14.1. The molecule has 0 aliphatic carbocycles. The van der Waals surface area contributed by atoms with Gasteiger partial charge in [-0.1, -0.05) is 85.3 Å². The van der Waals surface area contributed by atoms with Crippen molar-refractivity contribution in [2.24, 2.45) is 0 Å². The molecule has 226 valence electrons. The van der Waals surface area contributed by atoms with E-state index in [4.69, 9.17) is 11.6 Å². The maximum atomic E-state index is 13.5. The van der Waals surface area contributed by atoms with Crippen LogP contribution in [-0.4, -0.2) is 28.0 Å². The van der Waals surface area contributed by atoms with E-state index in [2.05, 4.69) is 20.9 Å². The van der Waals surface area contributed by atoms with Crippen LogP contribution in [0.25, 0.3) is 17.3 Å². The van der Waals surface area contributed by atoms with Gasteiger partial charge in [-0.3, -0.25) is 14.4 Å². The van der Waals surface area contributed by atoms with Crippen molar-refractivity contribution in [2.75, 3.05) is 10.6 Å². The number of aromatic nitrogens is 1. The third-order valence-electron chi connectivity index (χ3n) is 6.53. The van der Waals surface area contributed by atoms with Crippen molar-refractivity contribution in [3.05, 3.63) is 136 Å². The molecule has 1 atom stereocenters. The average molecular weight is 653 g/mol. The molecule has 1 aromatic heterocycles. The molecule has 0 bridgehead atoms. The summed E-state index contributed by atoms with van der Waals surface area (Å²) in [4.78, 5) is 45.0. The molecule has 10 heteroatoms. The maximum absolute atomic E-state index is 13.5. The number of nitrogens with zero attached hydrogens (tertiary/aromatic N) is 1.